The molecule has 1 aromatic heterocycles. The molecular formula is C28H32N2O4. The SMILES string of the molecule is Cc1cc(-c2ccc([C@H](C)N3CC[C@](CCCO)(c4ccccc4)OC3=O)cc2)cc(C)[n+]1[O-]. The molecule has 0 bridgehead atoms. The van der Waals surface area contributed by atoms with Crippen LogP contribution in [0.3, 0.4) is 0 Å². The molecule has 3 aromatic rings. The predicted octanol–water partition coefficient (Wildman–Crippen LogP) is 5.18. The number of hydrogen-bond acceptors (Lipinski definition) is 4. The first-order valence-corrected chi connectivity index (χ1v) is 11.8. The number of carbonyl (C=O) groups is 1. The number of carbonyl (C=O) groups excluding carboxylic acids is 1. The Kier molecular flexibility index (Phi) is 6.89. The number of aliphatic hydroxyl groups excluding tert-OH is 1. The van der Waals surface area contributed by atoms with Crippen molar-refractivity contribution in [3.8, 4) is 11.1 Å². The quantitative estimate of drug-likeness (QED) is 0.390. The number of nitrogens with zero attached hydrogens (tertiary/aromatic N) is 2. The molecule has 1 aliphatic heterocycles. The van der Waals surface area contributed by atoms with E-state index < -0.39 is 5.60 Å². The molecule has 1 aliphatic rings. The van der Waals surface area contributed by atoms with Gasteiger partial charge >= 0.3 is 6.09 Å². The number of cyclic esters (lactones) is 1. The van der Waals surface area contributed by atoms with Crippen LogP contribution in [0.25, 0.3) is 11.1 Å². The van der Waals surface area contributed by atoms with Gasteiger partial charge in [0, 0.05) is 45.6 Å². The molecule has 2 aromatic carbocycles. The van der Waals surface area contributed by atoms with Gasteiger partial charge in [0.25, 0.3) is 0 Å². The van der Waals surface area contributed by atoms with Crippen LogP contribution in [0.1, 0.15) is 54.7 Å². The highest BCUT2D eigenvalue weighted by Gasteiger charge is 2.43. The highest BCUT2D eigenvalue weighted by molar-refractivity contribution is 5.70. The van der Waals surface area contributed by atoms with E-state index in [1.165, 1.54) is 0 Å². The molecule has 178 valence electrons. The molecule has 6 heteroatoms. The Labute approximate surface area is 201 Å². The van der Waals surface area contributed by atoms with Crippen molar-refractivity contribution in [1.82, 2.24) is 4.90 Å². The number of aromatic nitrogens is 1. The molecule has 1 amide bonds. The second-order valence-corrected chi connectivity index (χ2v) is 9.12. The highest BCUT2D eigenvalue weighted by atomic mass is 16.6. The average molecular weight is 461 g/mol. The Morgan fingerprint density at radius 3 is 2.29 bits per heavy atom. The van der Waals surface area contributed by atoms with E-state index >= 15 is 0 Å². The molecule has 0 saturated carbocycles. The van der Waals surface area contributed by atoms with Crippen LogP contribution < -0.4 is 4.73 Å². The van der Waals surface area contributed by atoms with Gasteiger partial charge in [-0.05, 0) is 42.0 Å². The summed E-state index contributed by atoms with van der Waals surface area (Å²) in [6, 6.07) is 21.6. The van der Waals surface area contributed by atoms with E-state index in [-0.39, 0.29) is 18.7 Å². The summed E-state index contributed by atoms with van der Waals surface area (Å²) in [4.78, 5) is 14.9. The van der Waals surface area contributed by atoms with E-state index in [0.29, 0.717) is 37.2 Å². The molecule has 4 rings (SSSR count). The maximum absolute atomic E-state index is 13.2. The molecule has 2 atom stereocenters. The standard InChI is InChI=1S/C28H32N2O4/c1-20-18-25(19-21(2)30(20)33)24-12-10-23(11-13-24)22(3)29-16-15-28(14-7-17-31,34-27(29)32)26-8-5-4-6-9-26/h4-6,8-13,18-19,22,31H,7,14-17H2,1-3H3/t22-,28+/m0/s1. The van der Waals surface area contributed by atoms with Gasteiger partial charge in [0.1, 0.15) is 5.60 Å². The Morgan fingerprint density at radius 1 is 1.06 bits per heavy atom. The van der Waals surface area contributed by atoms with Crippen molar-refractivity contribution >= 4 is 6.09 Å². The maximum atomic E-state index is 13.2. The lowest BCUT2D eigenvalue weighted by atomic mass is 9.84. The number of amides is 1. The third-order valence-corrected chi connectivity index (χ3v) is 6.88. The normalized spacial score (nSPS) is 19.1. The molecule has 34 heavy (non-hydrogen) atoms. The van der Waals surface area contributed by atoms with E-state index in [1.54, 1.807) is 18.7 Å². The van der Waals surface area contributed by atoms with E-state index in [1.807, 2.05) is 73.7 Å². The van der Waals surface area contributed by atoms with Gasteiger partial charge in [-0.25, -0.2) is 4.79 Å². The third-order valence-electron chi connectivity index (χ3n) is 6.88. The maximum Gasteiger partial charge on any atom is 0.411 e. The minimum Gasteiger partial charge on any atom is -0.618 e. The van der Waals surface area contributed by atoms with E-state index in [4.69, 9.17) is 4.74 Å². The third kappa shape index (κ3) is 4.64. The van der Waals surface area contributed by atoms with Crippen LogP contribution in [0, 0.1) is 19.1 Å². The lowest BCUT2D eigenvalue weighted by Gasteiger charge is -2.43. The molecule has 0 unspecified atom stereocenters. The van der Waals surface area contributed by atoms with Crippen molar-refractivity contribution in [2.24, 2.45) is 0 Å². The highest BCUT2D eigenvalue weighted by Crippen LogP contribution is 2.40. The smallest absolute Gasteiger partial charge is 0.411 e. The summed E-state index contributed by atoms with van der Waals surface area (Å²) in [5, 5.41) is 21.3. The van der Waals surface area contributed by atoms with Gasteiger partial charge in [0.2, 0.25) is 0 Å². The van der Waals surface area contributed by atoms with E-state index in [2.05, 4.69) is 0 Å². The summed E-state index contributed by atoms with van der Waals surface area (Å²) in [5.74, 6) is 0. The van der Waals surface area contributed by atoms with Crippen molar-refractivity contribution in [1.29, 1.82) is 0 Å². The minimum atomic E-state index is -0.706. The molecule has 1 saturated heterocycles. The number of rotatable bonds is 7. The largest absolute Gasteiger partial charge is 0.618 e. The minimum absolute atomic E-state index is 0.0634. The Hall–Kier alpha value is -3.38. The number of pyridine rings is 1. The van der Waals surface area contributed by atoms with Gasteiger partial charge < -0.3 is 20.0 Å². The van der Waals surface area contributed by atoms with Crippen molar-refractivity contribution in [3.05, 3.63) is 94.5 Å². The summed E-state index contributed by atoms with van der Waals surface area (Å²) in [6.45, 7) is 6.25. The van der Waals surface area contributed by atoms with Crippen LogP contribution in [-0.2, 0) is 10.3 Å². The Bertz CT molecular complexity index is 1120. The van der Waals surface area contributed by atoms with Gasteiger partial charge in [-0.2, -0.15) is 4.73 Å². The number of aliphatic hydroxyl groups is 1. The first-order chi connectivity index (χ1) is 16.3. The topological polar surface area (TPSA) is 76.7 Å². The van der Waals surface area contributed by atoms with Gasteiger partial charge in [-0.3, -0.25) is 0 Å². The molecule has 2 heterocycles. The van der Waals surface area contributed by atoms with Crippen molar-refractivity contribution < 1.29 is 19.4 Å². The van der Waals surface area contributed by atoms with Gasteiger partial charge in [0.05, 0.1) is 6.04 Å². The fourth-order valence-corrected chi connectivity index (χ4v) is 4.84. The second-order valence-electron chi connectivity index (χ2n) is 9.12. The number of aryl methyl sites for hydroxylation is 2. The van der Waals surface area contributed by atoms with Gasteiger partial charge in [-0.15, -0.1) is 0 Å². The van der Waals surface area contributed by atoms with E-state index in [9.17, 15) is 15.1 Å². The van der Waals surface area contributed by atoms with Crippen molar-refractivity contribution in [2.75, 3.05) is 13.2 Å². The summed E-state index contributed by atoms with van der Waals surface area (Å²) >= 11 is 0. The van der Waals surface area contributed by atoms with E-state index in [0.717, 1.165) is 27.0 Å². The zero-order chi connectivity index (χ0) is 24.3. The van der Waals surface area contributed by atoms with Crippen LogP contribution in [0.2, 0.25) is 0 Å². The fourth-order valence-electron chi connectivity index (χ4n) is 4.84. The van der Waals surface area contributed by atoms with Gasteiger partial charge in [-0.1, -0.05) is 54.6 Å². The van der Waals surface area contributed by atoms with Crippen LogP contribution in [0.5, 0.6) is 0 Å². The molecule has 0 aliphatic carbocycles. The summed E-state index contributed by atoms with van der Waals surface area (Å²) in [6.07, 6.45) is 1.50. The second kappa shape index (κ2) is 9.85. The summed E-state index contributed by atoms with van der Waals surface area (Å²) in [5.41, 5.74) is 4.63. The molecular weight excluding hydrogens is 428 g/mol. The monoisotopic (exact) mass is 460 g/mol. The number of hydrogen-bond donors (Lipinski definition) is 1. The fraction of sp³-hybridized carbons (Fsp3) is 0.357. The first kappa shape index (κ1) is 23.8. The van der Waals surface area contributed by atoms with Gasteiger partial charge in [0.15, 0.2) is 11.4 Å². The number of benzene rings is 2. The lowest BCUT2D eigenvalue weighted by molar-refractivity contribution is -0.619. The average Bonchev–Trinajstić information content (AvgIpc) is 2.86. The lowest BCUT2D eigenvalue weighted by Crippen LogP contribution is -2.48. The zero-order valence-corrected chi connectivity index (χ0v) is 20.0. The molecule has 6 nitrogen and oxygen atoms in total. The number of ether oxygens (including phenoxy) is 1. The first-order valence-electron chi connectivity index (χ1n) is 11.8. The summed E-state index contributed by atoms with van der Waals surface area (Å²) < 4.78 is 7.02. The van der Waals surface area contributed by atoms with Crippen LogP contribution in [0.15, 0.2) is 66.7 Å². The molecule has 1 fully saturated rings. The van der Waals surface area contributed by atoms with Crippen LogP contribution in [0.4, 0.5) is 4.79 Å². The zero-order valence-electron chi connectivity index (χ0n) is 20.0. The van der Waals surface area contributed by atoms with Crippen molar-refractivity contribution in [3.63, 3.8) is 0 Å². The summed E-state index contributed by atoms with van der Waals surface area (Å²) in [7, 11) is 0. The van der Waals surface area contributed by atoms with Crippen molar-refractivity contribution in [2.45, 2.75) is 51.7 Å². The molecule has 0 spiro atoms. The van der Waals surface area contributed by atoms with Crippen LogP contribution in [-0.4, -0.2) is 29.3 Å². The molecule has 1 N–H and O–H groups in total. The predicted molar refractivity (Wildman–Crippen MR) is 131 cm³/mol. The Balaban J connectivity index is 1.52. The Morgan fingerprint density at radius 2 is 1.71 bits per heavy atom. The van der Waals surface area contributed by atoms with Crippen LogP contribution >= 0.6 is 0 Å². The molecule has 0 radical (unpaired) electrons.